The summed E-state index contributed by atoms with van der Waals surface area (Å²) in [6, 6.07) is 0. The van der Waals surface area contributed by atoms with Gasteiger partial charge in [0.15, 0.2) is 0 Å². The molecule has 0 atom stereocenters. The van der Waals surface area contributed by atoms with Crippen LogP contribution in [0.3, 0.4) is 0 Å². The Morgan fingerprint density at radius 2 is 2.55 bits per heavy atom. The summed E-state index contributed by atoms with van der Waals surface area (Å²) in [7, 11) is 0. The van der Waals surface area contributed by atoms with Crippen molar-refractivity contribution in [3.8, 4) is 0 Å². The van der Waals surface area contributed by atoms with Crippen LogP contribution in [-0.4, -0.2) is 9.78 Å². The summed E-state index contributed by atoms with van der Waals surface area (Å²) in [5.74, 6) is 5.20. The van der Waals surface area contributed by atoms with Gasteiger partial charge in [0.05, 0.1) is 22.9 Å². The summed E-state index contributed by atoms with van der Waals surface area (Å²) in [6.07, 6.45) is 1.77. The van der Waals surface area contributed by atoms with Crippen molar-refractivity contribution in [3.05, 3.63) is 16.4 Å². The zero-order valence-corrected chi connectivity index (χ0v) is 7.93. The van der Waals surface area contributed by atoms with Crippen molar-refractivity contribution >= 4 is 15.9 Å². The maximum absolute atomic E-state index is 5.20. The van der Waals surface area contributed by atoms with E-state index in [1.807, 2.05) is 11.6 Å². The number of halogens is 1. The van der Waals surface area contributed by atoms with E-state index < -0.39 is 0 Å². The first-order valence-electron chi connectivity index (χ1n) is 3.43. The molecule has 4 nitrogen and oxygen atoms in total. The summed E-state index contributed by atoms with van der Waals surface area (Å²) < 4.78 is 2.89. The number of hydrazine groups is 1. The maximum atomic E-state index is 5.20. The molecule has 11 heavy (non-hydrogen) atoms. The molecule has 0 aliphatic rings. The van der Waals surface area contributed by atoms with E-state index in [0.29, 0.717) is 6.54 Å². The van der Waals surface area contributed by atoms with Gasteiger partial charge in [-0.1, -0.05) is 0 Å². The van der Waals surface area contributed by atoms with Gasteiger partial charge in [-0.05, 0) is 22.9 Å². The standard InChI is InChI=1S/C6H11BrN4/c1-2-11-6(4-9-8)5(7)3-10-11/h3,9H,2,4,8H2,1H3. The van der Waals surface area contributed by atoms with Crippen molar-refractivity contribution < 1.29 is 0 Å². The zero-order valence-electron chi connectivity index (χ0n) is 6.34. The molecule has 0 spiro atoms. The molecule has 3 N–H and O–H groups in total. The predicted octanol–water partition coefficient (Wildman–Crippen LogP) is 0.629. The lowest BCUT2D eigenvalue weighted by atomic mass is 10.4. The molecule has 1 heterocycles. The lowest BCUT2D eigenvalue weighted by Crippen LogP contribution is -2.23. The fourth-order valence-corrected chi connectivity index (χ4v) is 1.37. The Labute approximate surface area is 73.9 Å². The third-order valence-electron chi connectivity index (χ3n) is 1.47. The summed E-state index contributed by atoms with van der Waals surface area (Å²) in [5.41, 5.74) is 3.67. The summed E-state index contributed by atoms with van der Waals surface area (Å²) in [5, 5.41) is 4.13. The highest BCUT2D eigenvalue weighted by Gasteiger charge is 2.04. The number of nitrogens with zero attached hydrogens (tertiary/aromatic N) is 2. The highest BCUT2D eigenvalue weighted by atomic mass is 79.9. The molecule has 0 saturated heterocycles. The number of rotatable bonds is 3. The van der Waals surface area contributed by atoms with E-state index in [1.54, 1.807) is 6.20 Å². The lowest BCUT2D eigenvalue weighted by Gasteiger charge is -2.03. The van der Waals surface area contributed by atoms with Crippen molar-refractivity contribution in [2.45, 2.75) is 20.0 Å². The van der Waals surface area contributed by atoms with Gasteiger partial charge in [-0.25, -0.2) is 0 Å². The fraction of sp³-hybridized carbons (Fsp3) is 0.500. The van der Waals surface area contributed by atoms with Crippen molar-refractivity contribution in [2.24, 2.45) is 5.84 Å². The molecule has 0 aliphatic heterocycles. The van der Waals surface area contributed by atoms with Gasteiger partial charge in [-0.2, -0.15) is 5.10 Å². The second-order valence-electron chi connectivity index (χ2n) is 2.14. The minimum atomic E-state index is 0.633. The summed E-state index contributed by atoms with van der Waals surface area (Å²) >= 11 is 3.38. The summed E-state index contributed by atoms with van der Waals surface area (Å²) in [4.78, 5) is 0. The van der Waals surface area contributed by atoms with Crippen molar-refractivity contribution in [3.63, 3.8) is 0 Å². The topological polar surface area (TPSA) is 55.9 Å². The van der Waals surface area contributed by atoms with E-state index in [2.05, 4.69) is 26.5 Å². The van der Waals surface area contributed by atoms with Crippen LogP contribution in [0.15, 0.2) is 10.7 Å². The average Bonchev–Trinajstić information content (AvgIpc) is 2.34. The molecule has 0 fully saturated rings. The van der Waals surface area contributed by atoms with Crippen LogP contribution >= 0.6 is 15.9 Å². The molecule has 0 amide bonds. The number of nitrogens with two attached hydrogens (primary N) is 1. The Kier molecular flexibility index (Phi) is 3.04. The Bertz CT molecular complexity index is 232. The zero-order chi connectivity index (χ0) is 8.27. The number of hydrogen-bond donors (Lipinski definition) is 2. The van der Waals surface area contributed by atoms with Crippen LogP contribution < -0.4 is 11.3 Å². The molecular weight excluding hydrogens is 208 g/mol. The first-order valence-corrected chi connectivity index (χ1v) is 4.22. The van der Waals surface area contributed by atoms with Gasteiger partial charge in [0.1, 0.15) is 0 Å². The van der Waals surface area contributed by atoms with E-state index in [0.717, 1.165) is 16.7 Å². The summed E-state index contributed by atoms with van der Waals surface area (Å²) in [6.45, 7) is 3.54. The first-order chi connectivity index (χ1) is 5.29. The molecule has 1 rings (SSSR count). The Balaban J connectivity index is 2.88. The molecule has 0 bridgehead atoms. The number of hydrogen-bond acceptors (Lipinski definition) is 3. The second kappa shape index (κ2) is 3.85. The van der Waals surface area contributed by atoms with Crippen LogP contribution in [0.1, 0.15) is 12.6 Å². The number of aromatic nitrogens is 2. The van der Waals surface area contributed by atoms with Gasteiger partial charge in [0.2, 0.25) is 0 Å². The minimum absolute atomic E-state index is 0.633. The average molecular weight is 219 g/mol. The molecule has 0 radical (unpaired) electrons. The van der Waals surface area contributed by atoms with Crippen molar-refractivity contribution in [1.82, 2.24) is 15.2 Å². The molecule has 0 unspecified atom stereocenters. The van der Waals surface area contributed by atoms with Gasteiger partial charge in [0, 0.05) is 6.54 Å². The third-order valence-corrected chi connectivity index (χ3v) is 2.13. The van der Waals surface area contributed by atoms with E-state index in [9.17, 15) is 0 Å². The fourth-order valence-electron chi connectivity index (χ4n) is 0.933. The smallest absolute Gasteiger partial charge is 0.0678 e. The van der Waals surface area contributed by atoms with Gasteiger partial charge in [-0.3, -0.25) is 16.0 Å². The normalized spacial score (nSPS) is 10.5. The van der Waals surface area contributed by atoms with Gasteiger partial charge < -0.3 is 0 Å². The van der Waals surface area contributed by atoms with E-state index >= 15 is 0 Å². The van der Waals surface area contributed by atoms with Gasteiger partial charge in [0.25, 0.3) is 0 Å². The quantitative estimate of drug-likeness (QED) is 0.579. The second-order valence-corrected chi connectivity index (χ2v) is 2.99. The third kappa shape index (κ3) is 1.79. The minimum Gasteiger partial charge on any atom is -0.271 e. The van der Waals surface area contributed by atoms with Crippen LogP contribution in [0, 0.1) is 0 Å². The Hall–Kier alpha value is -0.390. The van der Waals surface area contributed by atoms with Crippen LogP contribution in [0.2, 0.25) is 0 Å². The molecule has 5 heteroatoms. The van der Waals surface area contributed by atoms with E-state index in [-0.39, 0.29) is 0 Å². The van der Waals surface area contributed by atoms with Gasteiger partial charge >= 0.3 is 0 Å². The highest BCUT2D eigenvalue weighted by Crippen LogP contribution is 2.14. The van der Waals surface area contributed by atoms with Crippen molar-refractivity contribution in [1.29, 1.82) is 0 Å². The van der Waals surface area contributed by atoms with E-state index in [4.69, 9.17) is 5.84 Å². The van der Waals surface area contributed by atoms with Crippen LogP contribution in [0.4, 0.5) is 0 Å². The Morgan fingerprint density at radius 3 is 3.09 bits per heavy atom. The van der Waals surface area contributed by atoms with Crippen LogP contribution in [-0.2, 0) is 13.1 Å². The monoisotopic (exact) mass is 218 g/mol. The maximum Gasteiger partial charge on any atom is 0.0678 e. The van der Waals surface area contributed by atoms with E-state index in [1.165, 1.54) is 0 Å². The molecule has 1 aromatic heterocycles. The highest BCUT2D eigenvalue weighted by molar-refractivity contribution is 9.10. The van der Waals surface area contributed by atoms with Crippen LogP contribution in [0.5, 0.6) is 0 Å². The molecular formula is C6H11BrN4. The van der Waals surface area contributed by atoms with Crippen molar-refractivity contribution in [2.75, 3.05) is 0 Å². The lowest BCUT2D eigenvalue weighted by molar-refractivity contribution is 0.590. The largest absolute Gasteiger partial charge is 0.271 e. The number of nitrogens with one attached hydrogen (secondary N) is 1. The Morgan fingerprint density at radius 1 is 1.82 bits per heavy atom. The molecule has 0 saturated carbocycles. The molecule has 62 valence electrons. The van der Waals surface area contributed by atoms with Crippen LogP contribution in [0.25, 0.3) is 0 Å². The molecule has 1 aromatic rings. The first kappa shape index (κ1) is 8.70. The van der Waals surface area contributed by atoms with Gasteiger partial charge in [-0.15, -0.1) is 0 Å². The SMILES string of the molecule is CCn1ncc(Br)c1CNN. The number of aryl methyl sites for hydroxylation is 1. The predicted molar refractivity (Wildman–Crippen MR) is 46.6 cm³/mol. The molecule has 0 aliphatic carbocycles. The molecule has 0 aromatic carbocycles.